The van der Waals surface area contributed by atoms with Gasteiger partial charge in [0, 0.05) is 29.3 Å². The number of rotatable bonds is 2. The fourth-order valence-electron chi connectivity index (χ4n) is 1.93. The van der Waals surface area contributed by atoms with E-state index in [1.165, 1.54) is 18.2 Å². The van der Waals surface area contributed by atoms with Gasteiger partial charge in [-0.3, -0.25) is 4.79 Å². The Morgan fingerprint density at radius 1 is 1.22 bits per heavy atom. The minimum absolute atomic E-state index is 0.0166. The van der Waals surface area contributed by atoms with Gasteiger partial charge < -0.3 is 4.90 Å². The number of hydrogen-bond acceptors (Lipinski definition) is 3. The van der Waals surface area contributed by atoms with Gasteiger partial charge in [0.05, 0.1) is 5.02 Å². The van der Waals surface area contributed by atoms with E-state index in [1.807, 2.05) is 0 Å². The Kier molecular flexibility index (Phi) is 3.84. The summed E-state index contributed by atoms with van der Waals surface area (Å²) in [6, 6.07) is 4.11. The first-order valence-electron chi connectivity index (χ1n) is 5.43. The quantitative estimate of drug-likeness (QED) is 0.789. The maximum Gasteiger partial charge on any atom is 0.262 e. The molecule has 1 saturated heterocycles. The highest BCUT2D eigenvalue weighted by atomic mass is 35.7. The van der Waals surface area contributed by atoms with Gasteiger partial charge in [-0.05, 0) is 31.0 Å². The second-order valence-corrected chi connectivity index (χ2v) is 7.02. The molecular formula is C11H11Cl2NO3S. The fourth-order valence-corrected chi connectivity index (χ4v) is 3.42. The summed E-state index contributed by atoms with van der Waals surface area (Å²) in [6.45, 7) is 1.40. The van der Waals surface area contributed by atoms with E-state index < -0.39 is 9.05 Å². The SMILES string of the molecule is O=C(c1ccc(Cl)c(S(=O)(=O)Cl)c1)N1CCCC1. The zero-order valence-electron chi connectivity index (χ0n) is 9.40. The van der Waals surface area contributed by atoms with Crippen LogP contribution in [0.5, 0.6) is 0 Å². The normalized spacial score (nSPS) is 16.0. The maximum absolute atomic E-state index is 12.1. The molecule has 0 atom stereocenters. The number of nitrogens with zero attached hydrogens (tertiary/aromatic N) is 1. The average molecular weight is 308 g/mol. The van der Waals surface area contributed by atoms with Crippen LogP contribution < -0.4 is 0 Å². The molecule has 0 saturated carbocycles. The van der Waals surface area contributed by atoms with Crippen molar-refractivity contribution < 1.29 is 13.2 Å². The molecule has 18 heavy (non-hydrogen) atoms. The Balaban J connectivity index is 2.38. The van der Waals surface area contributed by atoms with Crippen LogP contribution in [0.15, 0.2) is 23.1 Å². The van der Waals surface area contributed by atoms with Crippen LogP contribution in [0.4, 0.5) is 0 Å². The number of carbonyl (C=O) groups is 1. The predicted molar refractivity (Wildman–Crippen MR) is 69.6 cm³/mol. The van der Waals surface area contributed by atoms with E-state index >= 15 is 0 Å². The minimum Gasteiger partial charge on any atom is -0.339 e. The second kappa shape index (κ2) is 5.07. The number of likely N-dealkylation sites (tertiary alicyclic amines) is 1. The van der Waals surface area contributed by atoms with E-state index in [1.54, 1.807) is 4.90 Å². The van der Waals surface area contributed by atoms with E-state index in [0.717, 1.165) is 12.8 Å². The van der Waals surface area contributed by atoms with Gasteiger partial charge in [0.15, 0.2) is 0 Å². The van der Waals surface area contributed by atoms with Gasteiger partial charge in [0.2, 0.25) is 0 Å². The third-order valence-electron chi connectivity index (χ3n) is 2.83. The Bertz CT molecular complexity index is 580. The van der Waals surface area contributed by atoms with Crippen molar-refractivity contribution in [3.63, 3.8) is 0 Å². The molecule has 4 nitrogen and oxygen atoms in total. The third kappa shape index (κ3) is 2.79. The number of hydrogen-bond donors (Lipinski definition) is 0. The predicted octanol–water partition coefficient (Wildman–Crippen LogP) is 2.50. The first kappa shape index (κ1) is 13.6. The van der Waals surface area contributed by atoms with Gasteiger partial charge in [-0.1, -0.05) is 11.6 Å². The van der Waals surface area contributed by atoms with Gasteiger partial charge in [-0.2, -0.15) is 0 Å². The summed E-state index contributed by atoms with van der Waals surface area (Å²) < 4.78 is 22.6. The summed E-state index contributed by atoms with van der Waals surface area (Å²) >= 11 is 5.76. The van der Waals surface area contributed by atoms with Crippen LogP contribution in [0.1, 0.15) is 23.2 Å². The smallest absolute Gasteiger partial charge is 0.262 e. The second-order valence-electron chi connectivity index (χ2n) is 4.08. The zero-order valence-corrected chi connectivity index (χ0v) is 11.7. The van der Waals surface area contributed by atoms with Crippen LogP contribution in [0, 0.1) is 0 Å². The minimum atomic E-state index is -3.94. The summed E-state index contributed by atoms with van der Waals surface area (Å²) in [7, 11) is 1.32. The Labute approximate surface area is 115 Å². The molecule has 0 spiro atoms. The summed E-state index contributed by atoms with van der Waals surface area (Å²) in [5, 5.41) is 0.0166. The van der Waals surface area contributed by atoms with Crippen LogP contribution >= 0.6 is 22.3 Å². The van der Waals surface area contributed by atoms with Crippen molar-refractivity contribution in [1.29, 1.82) is 0 Å². The molecule has 0 radical (unpaired) electrons. The van der Waals surface area contributed by atoms with Crippen molar-refractivity contribution >= 4 is 37.2 Å². The lowest BCUT2D eigenvalue weighted by atomic mass is 10.2. The first-order chi connectivity index (χ1) is 8.39. The molecule has 0 unspecified atom stereocenters. The van der Waals surface area contributed by atoms with Crippen LogP contribution in [-0.4, -0.2) is 32.3 Å². The number of benzene rings is 1. The topological polar surface area (TPSA) is 54.5 Å². The molecule has 7 heteroatoms. The molecule has 0 aromatic heterocycles. The van der Waals surface area contributed by atoms with E-state index in [-0.39, 0.29) is 15.8 Å². The van der Waals surface area contributed by atoms with Crippen LogP contribution in [-0.2, 0) is 9.05 Å². The van der Waals surface area contributed by atoms with Crippen molar-refractivity contribution in [1.82, 2.24) is 4.90 Å². The van der Waals surface area contributed by atoms with Crippen molar-refractivity contribution in [2.45, 2.75) is 17.7 Å². The summed E-state index contributed by atoms with van der Waals surface area (Å²) in [5.74, 6) is -0.189. The summed E-state index contributed by atoms with van der Waals surface area (Å²) in [5.41, 5.74) is 0.292. The lowest BCUT2D eigenvalue weighted by Crippen LogP contribution is -2.27. The van der Waals surface area contributed by atoms with E-state index in [2.05, 4.69) is 0 Å². The van der Waals surface area contributed by atoms with Gasteiger partial charge in [0.25, 0.3) is 15.0 Å². The van der Waals surface area contributed by atoms with Crippen LogP contribution in [0.25, 0.3) is 0 Å². The molecule has 1 aliphatic rings. The summed E-state index contributed by atoms with van der Waals surface area (Å²) in [6.07, 6.45) is 1.94. The lowest BCUT2D eigenvalue weighted by molar-refractivity contribution is 0.0792. The largest absolute Gasteiger partial charge is 0.339 e. The van der Waals surface area contributed by atoms with Gasteiger partial charge in [0.1, 0.15) is 4.90 Å². The van der Waals surface area contributed by atoms with Crippen LogP contribution in [0.2, 0.25) is 5.02 Å². The molecule has 0 N–H and O–H groups in total. The van der Waals surface area contributed by atoms with E-state index in [0.29, 0.717) is 18.7 Å². The van der Waals surface area contributed by atoms with Gasteiger partial charge in [-0.15, -0.1) is 0 Å². The molecule has 1 aromatic rings. The third-order valence-corrected chi connectivity index (χ3v) is 4.64. The van der Waals surface area contributed by atoms with E-state index in [4.69, 9.17) is 22.3 Å². The molecule has 1 fully saturated rings. The Morgan fingerprint density at radius 2 is 1.83 bits per heavy atom. The van der Waals surface area contributed by atoms with Crippen molar-refractivity contribution in [3.8, 4) is 0 Å². The molecule has 98 valence electrons. The number of amides is 1. The van der Waals surface area contributed by atoms with Crippen molar-refractivity contribution in [2.24, 2.45) is 0 Å². The van der Waals surface area contributed by atoms with Crippen molar-refractivity contribution in [3.05, 3.63) is 28.8 Å². The summed E-state index contributed by atoms with van der Waals surface area (Å²) in [4.78, 5) is 13.5. The van der Waals surface area contributed by atoms with Gasteiger partial charge >= 0.3 is 0 Å². The first-order valence-corrected chi connectivity index (χ1v) is 8.12. The standard InChI is InChI=1S/C11H11Cl2NO3S/c12-9-4-3-8(7-10(9)18(13,16)17)11(15)14-5-1-2-6-14/h3-4,7H,1-2,5-6H2. The van der Waals surface area contributed by atoms with Crippen molar-refractivity contribution in [2.75, 3.05) is 13.1 Å². The molecule has 0 aliphatic carbocycles. The van der Waals surface area contributed by atoms with E-state index in [9.17, 15) is 13.2 Å². The molecule has 1 heterocycles. The average Bonchev–Trinajstić information content (AvgIpc) is 2.80. The fraction of sp³-hybridized carbons (Fsp3) is 0.364. The molecule has 0 bridgehead atoms. The molecule has 1 amide bonds. The van der Waals surface area contributed by atoms with Gasteiger partial charge in [-0.25, -0.2) is 8.42 Å². The molecule has 2 rings (SSSR count). The Hall–Kier alpha value is -0.780. The monoisotopic (exact) mass is 307 g/mol. The lowest BCUT2D eigenvalue weighted by Gasteiger charge is -2.15. The van der Waals surface area contributed by atoms with Crippen LogP contribution in [0.3, 0.4) is 0 Å². The highest BCUT2D eigenvalue weighted by molar-refractivity contribution is 8.13. The Morgan fingerprint density at radius 3 is 2.39 bits per heavy atom. The molecule has 1 aromatic carbocycles. The highest BCUT2D eigenvalue weighted by Gasteiger charge is 2.22. The highest BCUT2D eigenvalue weighted by Crippen LogP contribution is 2.26. The maximum atomic E-state index is 12.1. The molecular weight excluding hydrogens is 297 g/mol. The number of carbonyl (C=O) groups excluding carboxylic acids is 1. The zero-order chi connectivity index (χ0) is 13.3. The number of halogens is 2. The molecule has 1 aliphatic heterocycles.